The summed E-state index contributed by atoms with van der Waals surface area (Å²) in [5, 5.41) is 8.57. The summed E-state index contributed by atoms with van der Waals surface area (Å²) in [6.07, 6.45) is 2.22. The Morgan fingerprint density at radius 2 is 1.90 bits per heavy atom. The second-order valence-corrected chi connectivity index (χ2v) is 7.65. The summed E-state index contributed by atoms with van der Waals surface area (Å²) in [5.74, 6) is 0.620. The van der Waals surface area contributed by atoms with Gasteiger partial charge in [0.25, 0.3) is 0 Å². The topological polar surface area (TPSA) is 90.9 Å². The van der Waals surface area contributed by atoms with Crippen molar-refractivity contribution in [1.29, 1.82) is 0 Å². The van der Waals surface area contributed by atoms with Crippen molar-refractivity contribution in [3.63, 3.8) is 0 Å². The number of nitrogens with zero attached hydrogens (tertiary/aromatic N) is 4. The van der Waals surface area contributed by atoms with Gasteiger partial charge in [-0.2, -0.15) is 4.98 Å². The number of nitrogens with two attached hydrogens (primary N) is 1. The molecule has 0 amide bonds. The number of ether oxygens (including phenoxy) is 1. The zero-order valence-electron chi connectivity index (χ0n) is 17.0. The molecule has 1 aliphatic heterocycles. The Hall–Kier alpha value is -3.52. The molecule has 4 aromatic rings. The highest BCUT2D eigenvalue weighted by Gasteiger charge is 2.20. The van der Waals surface area contributed by atoms with Crippen LogP contribution in [0.2, 0.25) is 0 Å². The lowest BCUT2D eigenvalue weighted by Crippen LogP contribution is -2.19. The van der Waals surface area contributed by atoms with Crippen LogP contribution in [-0.4, -0.2) is 39.0 Å². The summed E-state index contributed by atoms with van der Waals surface area (Å²) >= 11 is 0. The van der Waals surface area contributed by atoms with Gasteiger partial charge in [0, 0.05) is 18.7 Å². The van der Waals surface area contributed by atoms with Crippen molar-refractivity contribution in [1.82, 2.24) is 19.7 Å². The van der Waals surface area contributed by atoms with E-state index in [1.165, 1.54) is 12.1 Å². The third kappa shape index (κ3) is 4.06. The predicted molar refractivity (Wildman–Crippen MR) is 118 cm³/mol. The molecule has 3 N–H and O–H groups in total. The summed E-state index contributed by atoms with van der Waals surface area (Å²) in [7, 11) is 0. The van der Waals surface area contributed by atoms with Crippen molar-refractivity contribution in [2.24, 2.45) is 0 Å². The van der Waals surface area contributed by atoms with Crippen LogP contribution in [0.15, 0.2) is 54.6 Å². The van der Waals surface area contributed by atoms with Gasteiger partial charge in [-0.1, -0.05) is 30.3 Å². The highest BCUT2D eigenvalue weighted by Crippen LogP contribution is 2.32. The number of fused-ring (bicyclic) bond motifs is 1. The minimum atomic E-state index is -0.307. The van der Waals surface area contributed by atoms with E-state index < -0.39 is 0 Å². The fourth-order valence-corrected chi connectivity index (χ4v) is 3.84. The molecule has 2 aromatic heterocycles. The zero-order chi connectivity index (χ0) is 21.2. The van der Waals surface area contributed by atoms with Gasteiger partial charge < -0.3 is 15.8 Å². The number of halogens is 1. The number of rotatable bonds is 6. The molecule has 1 saturated heterocycles. The standard InChI is InChI=1S/C23H23FN6O/c24-17-10-8-16(9-11-17)20-19-21(25)30(14-15-5-2-1-3-6-15)29-22(19)28-23(27-20)26-13-18-7-4-12-31-18/h1-3,5-6,8-11,18H,4,7,12-14,25H2,(H,26,28,29)/t18-/m0/s1. The van der Waals surface area contributed by atoms with Crippen molar-refractivity contribution >= 4 is 22.8 Å². The van der Waals surface area contributed by atoms with Crippen LogP contribution >= 0.6 is 0 Å². The van der Waals surface area contributed by atoms with Crippen LogP contribution in [0.3, 0.4) is 0 Å². The van der Waals surface area contributed by atoms with E-state index in [4.69, 9.17) is 15.5 Å². The monoisotopic (exact) mass is 418 g/mol. The molecular weight excluding hydrogens is 395 g/mol. The summed E-state index contributed by atoms with van der Waals surface area (Å²) in [6, 6.07) is 16.2. The molecule has 1 fully saturated rings. The van der Waals surface area contributed by atoms with Crippen LogP contribution in [0.25, 0.3) is 22.3 Å². The van der Waals surface area contributed by atoms with E-state index in [1.807, 2.05) is 30.3 Å². The summed E-state index contributed by atoms with van der Waals surface area (Å²) in [5.41, 5.74) is 9.43. The Kier molecular flexibility index (Phi) is 5.21. The predicted octanol–water partition coefficient (Wildman–Crippen LogP) is 3.85. The maximum Gasteiger partial charge on any atom is 0.225 e. The van der Waals surface area contributed by atoms with E-state index in [9.17, 15) is 4.39 Å². The summed E-state index contributed by atoms with van der Waals surface area (Å²) in [6.45, 7) is 1.92. The Morgan fingerprint density at radius 1 is 1.10 bits per heavy atom. The molecule has 1 aliphatic rings. The van der Waals surface area contributed by atoms with Crippen molar-refractivity contribution in [3.05, 3.63) is 66.0 Å². The molecule has 0 aliphatic carbocycles. The lowest BCUT2D eigenvalue weighted by molar-refractivity contribution is 0.120. The molecule has 5 rings (SSSR count). The van der Waals surface area contributed by atoms with Gasteiger partial charge in [0.15, 0.2) is 5.65 Å². The van der Waals surface area contributed by atoms with Gasteiger partial charge in [-0.25, -0.2) is 14.1 Å². The third-order valence-electron chi connectivity index (χ3n) is 5.44. The second-order valence-electron chi connectivity index (χ2n) is 7.65. The van der Waals surface area contributed by atoms with E-state index in [2.05, 4.69) is 15.4 Å². The normalized spacial score (nSPS) is 16.1. The molecule has 8 heteroatoms. The van der Waals surface area contributed by atoms with Crippen LogP contribution in [0.5, 0.6) is 0 Å². The van der Waals surface area contributed by atoms with Crippen LogP contribution in [0.4, 0.5) is 16.2 Å². The molecule has 0 saturated carbocycles. The van der Waals surface area contributed by atoms with Gasteiger partial charge in [-0.05, 0) is 42.7 Å². The van der Waals surface area contributed by atoms with Crippen LogP contribution in [-0.2, 0) is 11.3 Å². The molecule has 0 spiro atoms. The van der Waals surface area contributed by atoms with Crippen molar-refractivity contribution in [2.75, 3.05) is 24.2 Å². The van der Waals surface area contributed by atoms with E-state index >= 15 is 0 Å². The molecule has 0 radical (unpaired) electrons. The van der Waals surface area contributed by atoms with Gasteiger partial charge in [-0.15, -0.1) is 5.10 Å². The van der Waals surface area contributed by atoms with Gasteiger partial charge >= 0.3 is 0 Å². The molecule has 0 unspecified atom stereocenters. The first-order chi connectivity index (χ1) is 15.2. The van der Waals surface area contributed by atoms with Gasteiger partial charge in [-0.3, -0.25) is 0 Å². The number of hydrogen-bond acceptors (Lipinski definition) is 6. The number of anilines is 2. The average molecular weight is 418 g/mol. The fourth-order valence-electron chi connectivity index (χ4n) is 3.84. The molecule has 1 atom stereocenters. The largest absolute Gasteiger partial charge is 0.383 e. The Morgan fingerprint density at radius 3 is 2.65 bits per heavy atom. The lowest BCUT2D eigenvalue weighted by atomic mass is 10.1. The number of nitrogens with one attached hydrogen (secondary N) is 1. The number of benzene rings is 2. The second kappa shape index (κ2) is 8.31. The lowest BCUT2D eigenvalue weighted by Gasteiger charge is -2.12. The SMILES string of the molecule is Nc1c2c(-c3ccc(F)cc3)nc(NC[C@@H]3CCCO3)nc2nn1Cc1ccccc1. The highest BCUT2D eigenvalue weighted by atomic mass is 19.1. The molecule has 0 bridgehead atoms. The van der Waals surface area contributed by atoms with E-state index in [1.54, 1.807) is 16.8 Å². The quantitative estimate of drug-likeness (QED) is 0.494. The Labute approximate surface area is 179 Å². The smallest absolute Gasteiger partial charge is 0.225 e. The molecular formula is C23H23FN6O. The highest BCUT2D eigenvalue weighted by molar-refractivity contribution is 5.98. The van der Waals surface area contributed by atoms with Crippen LogP contribution < -0.4 is 11.1 Å². The van der Waals surface area contributed by atoms with Crippen molar-refractivity contribution in [2.45, 2.75) is 25.5 Å². The Balaban J connectivity index is 1.56. The summed E-state index contributed by atoms with van der Waals surface area (Å²) < 4.78 is 20.9. The molecule has 158 valence electrons. The minimum Gasteiger partial charge on any atom is -0.383 e. The van der Waals surface area contributed by atoms with E-state index in [0.717, 1.165) is 30.6 Å². The average Bonchev–Trinajstić information content (AvgIpc) is 3.41. The zero-order valence-corrected chi connectivity index (χ0v) is 17.0. The summed E-state index contributed by atoms with van der Waals surface area (Å²) in [4.78, 5) is 9.31. The first kappa shape index (κ1) is 19.4. The van der Waals surface area contributed by atoms with E-state index in [0.29, 0.717) is 41.6 Å². The molecule has 3 heterocycles. The van der Waals surface area contributed by atoms with Crippen molar-refractivity contribution < 1.29 is 9.13 Å². The number of hydrogen-bond donors (Lipinski definition) is 2. The van der Waals surface area contributed by atoms with Crippen LogP contribution in [0, 0.1) is 5.82 Å². The molecule has 2 aromatic carbocycles. The third-order valence-corrected chi connectivity index (χ3v) is 5.44. The molecule has 7 nitrogen and oxygen atoms in total. The Bertz CT molecular complexity index is 1190. The first-order valence-electron chi connectivity index (χ1n) is 10.4. The van der Waals surface area contributed by atoms with E-state index in [-0.39, 0.29) is 11.9 Å². The first-order valence-corrected chi connectivity index (χ1v) is 10.4. The fraction of sp³-hybridized carbons (Fsp3) is 0.261. The maximum atomic E-state index is 13.5. The maximum absolute atomic E-state index is 13.5. The number of nitrogen functional groups attached to an aromatic ring is 1. The number of aromatic nitrogens is 4. The van der Waals surface area contributed by atoms with Crippen LogP contribution in [0.1, 0.15) is 18.4 Å². The van der Waals surface area contributed by atoms with Gasteiger partial charge in [0.1, 0.15) is 11.6 Å². The molecule has 31 heavy (non-hydrogen) atoms. The van der Waals surface area contributed by atoms with Gasteiger partial charge in [0.05, 0.1) is 23.7 Å². The van der Waals surface area contributed by atoms with Gasteiger partial charge in [0.2, 0.25) is 5.95 Å². The minimum absolute atomic E-state index is 0.147. The van der Waals surface area contributed by atoms with Crippen molar-refractivity contribution in [3.8, 4) is 11.3 Å².